The minimum absolute atomic E-state index is 0.127. The van der Waals surface area contributed by atoms with Gasteiger partial charge in [-0.1, -0.05) is 31.8 Å². The summed E-state index contributed by atoms with van der Waals surface area (Å²) in [6.07, 6.45) is 5.58. The van der Waals surface area contributed by atoms with E-state index >= 15 is 0 Å². The Morgan fingerprint density at radius 1 is 1.24 bits per heavy atom. The zero-order valence-electron chi connectivity index (χ0n) is 17.5. The number of nitrogens with zero attached hydrogens (tertiary/aromatic N) is 3. The van der Waals surface area contributed by atoms with Crippen LogP contribution in [0.4, 0.5) is 5.69 Å². The molecule has 1 aliphatic heterocycles. The Balaban J connectivity index is 1.56. The highest BCUT2D eigenvalue weighted by atomic mass is 16.5. The van der Waals surface area contributed by atoms with E-state index in [4.69, 9.17) is 9.26 Å². The summed E-state index contributed by atoms with van der Waals surface area (Å²) in [4.78, 5) is 20.3. The largest absolute Gasteiger partial charge is 0.497 e. The van der Waals surface area contributed by atoms with Crippen molar-refractivity contribution in [3.63, 3.8) is 0 Å². The van der Waals surface area contributed by atoms with Crippen LogP contribution in [-0.4, -0.2) is 40.1 Å². The molecule has 2 aliphatic rings. The summed E-state index contributed by atoms with van der Waals surface area (Å²) in [6.45, 7) is 4.81. The van der Waals surface area contributed by atoms with E-state index in [1.54, 1.807) is 7.11 Å². The van der Waals surface area contributed by atoms with Gasteiger partial charge in [-0.2, -0.15) is 4.98 Å². The molecule has 2 fully saturated rings. The lowest BCUT2D eigenvalue weighted by Gasteiger charge is -2.36. The molecule has 2 aromatic rings. The number of likely N-dealkylation sites (tertiary alicyclic amines) is 1. The highest BCUT2D eigenvalue weighted by Gasteiger charge is 2.47. The second kappa shape index (κ2) is 8.05. The van der Waals surface area contributed by atoms with Gasteiger partial charge in [-0.15, -0.1) is 0 Å². The third-order valence-electron chi connectivity index (χ3n) is 6.11. The number of carbonyl (C=O) groups excluding carboxylic acids is 1. The first-order chi connectivity index (χ1) is 14.0. The summed E-state index contributed by atoms with van der Waals surface area (Å²) in [5.41, 5.74) is 0.370. The highest BCUT2D eigenvalue weighted by molar-refractivity contribution is 5.90. The van der Waals surface area contributed by atoms with Crippen molar-refractivity contribution < 1.29 is 14.1 Å². The van der Waals surface area contributed by atoms with Gasteiger partial charge in [-0.25, -0.2) is 0 Å². The smallest absolute Gasteiger partial charge is 0.249 e. The molecular formula is C22H30N4O3. The molecule has 0 bridgehead atoms. The van der Waals surface area contributed by atoms with Crippen LogP contribution in [0.3, 0.4) is 0 Å². The summed E-state index contributed by atoms with van der Waals surface area (Å²) in [5, 5.41) is 7.67. The number of rotatable bonds is 6. The number of methoxy groups -OCH3 is 1. The molecular weight excluding hydrogens is 368 g/mol. The normalized spacial score (nSPS) is 21.0. The van der Waals surface area contributed by atoms with Crippen molar-refractivity contribution in [1.29, 1.82) is 0 Å². The predicted molar refractivity (Wildman–Crippen MR) is 110 cm³/mol. The van der Waals surface area contributed by atoms with Gasteiger partial charge in [-0.05, 0) is 49.9 Å². The van der Waals surface area contributed by atoms with Crippen LogP contribution in [0, 0.1) is 0 Å². The van der Waals surface area contributed by atoms with Gasteiger partial charge in [0.1, 0.15) is 17.3 Å². The van der Waals surface area contributed by atoms with Gasteiger partial charge in [0.05, 0.1) is 7.11 Å². The summed E-state index contributed by atoms with van der Waals surface area (Å²) in [6, 6.07) is 7.65. The van der Waals surface area contributed by atoms with Crippen LogP contribution in [0.1, 0.15) is 76.0 Å². The highest BCUT2D eigenvalue weighted by Crippen LogP contribution is 2.40. The molecule has 1 N–H and O–H groups in total. The molecule has 2 heterocycles. The summed E-state index contributed by atoms with van der Waals surface area (Å²) >= 11 is 0. The fourth-order valence-electron chi connectivity index (χ4n) is 4.48. The minimum atomic E-state index is -0.571. The number of amides is 1. The molecule has 1 atom stereocenters. The standard InChI is InChI=1S/C22H30N4O3/c1-15(2)19-23-20(29-25-19)18-7-6-14-26(18)21(27)22(12-4-5-13-22)24-16-8-10-17(28-3)11-9-16/h8-11,15,18,24H,4-7,12-14H2,1-3H3/t18-/m0/s1. The van der Waals surface area contributed by atoms with E-state index in [-0.39, 0.29) is 17.9 Å². The molecule has 1 amide bonds. The first-order valence-electron chi connectivity index (χ1n) is 10.6. The summed E-state index contributed by atoms with van der Waals surface area (Å²) in [7, 11) is 1.65. The number of ether oxygens (including phenoxy) is 1. The maximum Gasteiger partial charge on any atom is 0.249 e. The van der Waals surface area contributed by atoms with E-state index in [1.165, 1.54) is 0 Å². The molecule has 1 aromatic heterocycles. The third-order valence-corrected chi connectivity index (χ3v) is 6.11. The van der Waals surface area contributed by atoms with E-state index in [9.17, 15) is 4.79 Å². The molecule has 0 spiro atoms. The zero-order valence-corrected chi connectivity index (χ0v) is 17.5. The van der Waals surface area contributed by atoms with Crippen molar-refractivity contribution in [2.75, 3.05) is 19.0 Å². The minimum Gasteiger partial charge on any atom is -0.497 e. The first-order valence-corrected chi connectivity index (χ1v) is 10.6. The van der Waals surface area contributed by atoms with Gasteiger partial charge < -0.3 is 19.5 Å². The van der Waals surface area contributed by atoms with Gasteiger partial charge in [0.25, 0.3) is 0 Å². The van der Waals surface area contributed by atoms with Crippen molar-refractivity contribution >= 4 is 11.6 Å². The van der Waals surface area contributed by atoms with Crippen LogP contribution in [-0.2, 0) is 4.79 Å². The molecule has 7 nitrogen and oxygen atoms in total. The predicted octanol–water partition coefficient (Wildman–Crippen LogP) is 4.29. The number of hydrogen-bond acceptors (Lipinski definition) is 6. The molecule has 1 saturated heterocycles. The Morgan fingerprint density at radius 2 is 1.97 bits per heavy atom. The van der Waals surface area contributed by atoms with E-state index in [0.717, 1.165) is 56.5 Å². The van der Waals surface area contributed by atoms with Crippen molar-refractivity contribution in [2.24, 2.45) is 0 Å². The maximum atomic E-state index is 13.8. The molecule has 0 unspecified atom stereocenters. The molecule has 156 valence electrons. The van der Waals surface area contributed by atoms with Crippen LogP contribution in [0.15, 0.2) is 28.8 Å². The van der Waals surface area contributed by atoms with E-state index in [1.807, 2.05) is 43.0 Å². The fraction of sp³-hybridized carbons (Fsp3) is 0.591. The lowest BCUT2D eigenvalue weighted by molar-refractivity contribution is -0.137. The van der Waals surface area contributed by atoms with Crippen molar-refractivity contribution in [3.8, 4) is 5.75 Å². The molecule has 1 aromatic carbocycles. The zero-order chi connectivity index (χ0) is 20.4. The number of nitrogens with one attached hydrogen (secondary N) is 1. The summed E-state index contributed by atoms with van der Waals surface area (Å²) < 4.78 is 10.8. The van der Waals surface area contributed by atoms with Gasteiger partial charge >= 0.3 is 0 Å². The number of carbonyl (C=O) groups is 1. The van der Waals surface area contributed by atoms with Crippen LogP contribution in [0.2, 0.25) is 0 Å². The average Bonchev–Trinajstić information content (AvgIpc) is 3.48. The number of aromatic nitrogens is 2. The van der Waals surface area contributed by atoms with Gasteiger partial charge in [0, 0.05) is 18.2 Å². The second-order valence-corrected chi connectivity index (χ2v) is 8.44. The Hall–Kier alpha value is -2.57. The maximum absolute atomic E-state index is 13.8. The quantitative estimate of drug-likeness (QED) is 0.782. The van der Waals surface area contributed by atoms with Crippen molar-refractivity contribution in [1.82, 2.24) is 15.0 Å². The third kappa shape index (κ3) is 3.82. The number of benzene rings is 1. The number of hydrogen-bond donors (Lipinski definition) is 1. The van der Waals surface area contributed by atoms with Gasteiger partial charge in [0.2, 0.25) is 11.8 Å². The Kier molecular flexibility index (Phi) is 5.48. The molecule has 0 radical (unpaired) electrons. The van der Waals surface area contributed by atoms with Gasteiger partial charge in [0.15, 0.2) is 5.82 Å². The first kappa shape index (κ1) is 19.7. The fourth-order valence-corrected chi connectivity index (χ4v) is 4.48. The van der Waals surface area contributed by atoms with Gasteiger partial charge in [-0.3, -0.25) is 4.79 Å². The van der Waals surface area contributed by atoms with Crippen LogP contribution in [0.25, 0.3) is 0 Å². The van der Waals surface area contributed by atoms with Crippen LogP contribution in [0.5, 0.6) is 5.75 Å². The number of anilines is 1. The molecule has 7 heteroatoms. The summed E-state index contributed by atoms with van der Waals surface area (Å²) in [5.74, 6) is 2.43. The van der Waals surface area contributed by atoms with Crippen molar-refractivity contribution in [3.05, 3.63) is 36.0 Å². The van der Waals surface area contributed by atoms with E-state index < -0.39 is 5.54 Å². The lowest BCUT2D eigenvalue weighted by Crippen LogP contribution is -2.52. The SMILES string of the molecule is COc1ccc(NC2(C(=O)N3CCC[C@H]3c3nc(C(C)C)no3)CCCC2)cc1. The Labute approximate surface area is 171 Å². The molecule has 29 heavy (non-hydrogen) atoms. The molecule has 1 aliphatic carbocycles. The van der Waals surface area contributed by atoms with E-state index in [0.29, 0.717) is 11.7 Å². The van der Waals surface area contributed by atoms with E-state index in [2.05, 4.69) is 15.5 Å². The Bertz CT molecular complexity index is 840. The topological polar surface area (TPSA) is 80.5 Å². The van der Waals surface area contributed by atoms with Crippen LogP contribution >= 0.6 is 0 Å². The van der Waals surface area contributed by atoms with Crippen molar-refractivity contribution in [2.45, 2.75) is 69.9 Å². The van der Waals surface area contributed by atoms with Crippen LogP contribution < -0.4 is 10.1 Å². The molecule has 4 rings (SSSR count). The second-order valence-electron chi connectivity index (χ2n) is 8.44. The molecule has 1 saturated carbocycles. The Morgan fingerprint density at radius 3 is 2.59 bits per heavy atom. The monoisotopic (exact) mass is 398 g/mol. The lowest BCUT2D eigenvalue weighted by atomic mass is 9.94. The average molecular weight is 399 g/mol.